The predicted octanol–water partition coefficient (Wildman–Crippen LogP) is 2.72. The summed E-state index contributed by atoms with van der Waals surface area (Å²) >= 11 is 3.32. The first-order chi connectivity index (χ1) is 8.94. The first-order valence-corrected chi connectivity index (χ1v) is 8.24. The van der Waals surface area contributed by atoms with E-state index in [0.717, 1.165) is 16.8 Å². The molecule has 2 N–H and O–H groups in total. The van der Waals surface area contributed by atoms with Crippen LogP contribution in [0.5, 0.6) is 0 Å². The summed E-state index contributed by atoms with van der Waals surface area (Å²) < 4.78 is 26.9. The zero-order valence-corrected chi connectivity index (χ0v) is 13.0. The van der Waals surface area contributed by atoms with E-state index in [-0.39, 0.29) is 4.90 Å². The fourth-order valence-corrected chi connectivity index (χ4v) is 2.97. The van der Waals surface area contributed by atoms with E-state index in [1.165, 1.54) is 0 Å². The number of rotatable bonds is 4. The first kappa shape index (κ1) is 14.1. The largest absolute Gasteiger partial charge is 0.280 e. The average molecular weight is 344 g/mol. The van der Waals surface area contributed by atoms with Crippen LogP contribution in [-0.2, 0) is 15.4 Å². The number of nitrogens with zero attached hydrogens (tertiary/aromatic N) is 1. The Bertz CT molecular complexity index is 678. The minimum atomic E-state index is -3.60. The Kier molecular flexibility index (Phi) is 3.96. The van der Waals surface area contributed by atoms with Gasteiger partial charge in [-0.25, -0.2) is 8.42 Å². The summed E-state index contributed by atoms with van der Waals surface area (Å²) in [6, 6.07) is 6.69. The summed E-state index contributed by atoms with van der Waals surface area (Å²) in [5, 5.41) is 7.38. The Hall–Kier alpha value is -1.34. The van der Waals surface area contributed by atoms with E-state index in [1.54, 1.807) is 24.3 Å². The molecule has 0 saturated heterocycles. The van der Waals surface area contributed by atoms with Crippen LogP contribution in [0.25, 0.3) is 0 Å². The molecule has 0 bridgehead atoms. The van der Waals surface area contributed by atoms with Gasteiger partial charge in [0.1, 0.15) is 0 Å². The maximum atomic E-state index is 12.2. The van der Waals surface area contributed by atoms with Crippen molar-refractivity contribution in [2.24, 2.45) is 0 Å². The van der Waals surface area contributed by atoms with Gasteiger partial charge in [0, 0.05) is 16.6 Å². The van der Waals surface area contributed by atoms with Gasteiger partial charge in [0.15, 0.2) is 5.82 Å². The van der Waals surface area contributed by atoms with Crippen LogP contribution in [-0.4, -0.2) is 18.6 Å². The number of aromatic amines is 1. The molecule has 1 aromatic heterocycles. The molecule has 2 aromatic rings. The molecule has 0 atom stereocenters. The van der Waals surface area contributed by atoms with Crippen molar-refractivity contribution in [2.45, 2.75) is 24.1 Å². The Morgan fingerprint density at radius 2 is 1.89 bits per heavy atom. The highest BCUT2D eigenvalue weighted by molar-refractivity contribution is 9.08. The van der Waals surface area contributed by atoms with Crippen LogP contribution in [0.2, 0.25) is 0 Å². The quantitative estimate of drug-likeness (QED) is 0.838. The molecule has 102 valence electrons. The highest BCUT2D eigenvalue weighted by Gasteiger charge is 2.17. The molecular weight excluding hydrogens is 330 g/mol. The molecule has 5 nitrogen and oxygen atoms in total. The van der Waals surface area contributed by atoms with Crippen molar-refractivity contribution >= 4 is 31.8 Å². The first-order valence-electron chi connectivity index (χ1n) is 5.63. The molecule has 7 heteroatoms. The SMILES string of the molecule is Cc1[nH]nc(NS(=O)(=O)c2ccc(CBr)cc2)c1C. The van der Waals surface area contributed by atoms with Crippen molar-refractivity contribution in [3.05, 3.63) is 41.1 Å². The zero-order chi connectivity index (χ0) is 14.0. The third-order valence-corrected chi connectivity index (χ3v) is 4.87. The van der Waals surface area contributed by atoms with Gasteiger partial charge in [0.25, 0.3) is 10.0 Å². The highest BCUT2D eigenvalue weighted by atomic mass is 79.9. The zero-order valence-electron chi connectivity index (χ0n) is 10.6. The van der Waals surface area contributed by atoms with Crippen LogP contribution >= 0.6 is 15.9 Å². The van der Waals surface area contributed by atoms with Crippen LogP contribution in [0.3, 0.4) is 0 Å². The Labute approximate surface area is 120 Å². The summed E-state index contributed by atoms with van der Waals surface area (Å²) in [4.78, 5) is 0.220. The Balaban J connectivity index is 2.29. The molecule has 0 amide bonds. The third-order valence-electron chi connectivity index (χ3n) is 2.87. The van der Waals surface area contributed by atoms with E-state index < -0.39 is 10.0 Å². The third kappa shape index (κ3) is 2.98. The number of anilines is 1. The van der Waals surface area contributed by atoms with E-state index in [0.29, 0.717) is 11.1 Å². The number of halogens is 1. The van der Waals surface area contributed by atoms with Gasteiger partial charge in [0.05, 0.1) is 4.90 Å². The summed E-state index contributed by atoms with van der Waals surface area (Å²) in [7, 11) is -3.60. The molecule has 0 fully saturated rings. The minimum Gasteiger partial charge on any atom is -0.280 e. The number of hydrogen-bond acceptors (Lipinski definition) is 3. The van der Waals surface area contributed by atoms with Crippen LogP contribution < -0.4 is 4.72 Å². The molecule has 0 spiro atoms. The molecular formula is C12H14BrN3O2S. The van der Waals surface area contributed by atoms with Gasteiger partial charge in [-0.2, -0.15) is 5.10 Å². The molecule has 19 heavy (non-hydrogen) atoms. The van der Waals surface area contributed by atoms with Crippen LogP contribution in [0.1, 0.15) is 16.8 Å². The van der Waals surface area contributed by atoms with Crippen molar-refractivity contribution < 1.29 is 8.42 Å². The van der Waals surface area contributed by atoms with Crippen LogP contribution in [0.4, 0.5) is 5.82 Å². The van der Waals surface area contributed by atoms with E-state index in [9.17, 15) is 8.42 Å². The minimum absolute atomic E-state index is 0.220. The molecule has 0 aliphatic carbocycles. The number of hydrogen-bond donors (Lipinski definition) is 2. The topological polar surface area (TPSA) is 74.8 Å². The van der Waals surface area contributed by atoms with Gasteiger partial charge in [-0.3, -0.25) is 9.82 Å². The van der Waals surface area contributed by atoms with Gasteiger partial charge < -0.3 is 0 Å². The maximum absolute atomic E-state index is 12.2. The van der Waals surface area contributed by atoms with Crippen LogP contribution in [0, 0.1) is 13.8 Å². The number of nitrogens with one attached hydrogen (secondary N) is 2. The molecule has 0 saturated carbocycles. The number of sulfonamides is 1. The summed E-state index contributed by atoms with van der Waals surface area (Å²) in [6.45, 7) is 3.65. The molecule has 0 radical (unpaired) electrons. The number of aryl methyl sites for hydroxylation is 1. The van der Waals surface area contributed by atoms with Crippen molar-refractivity contribution in [1.29, 1.82) is 0 Å². The molecule has 0 aliphatic heterocycles. The fraction of sp³-hybridized carbons (Fsp3) is 0.250. The Morgan fingerprint density at radius 1 is 1.26 bits per heavy atom. The lowest BCUT2D eigenvalue weighted by Gasteiger charge is -2.07. The number of aromatic nitrogens is 2. The van der Waals surface area contributed by atoms with Crippen molar-refractivity contribution in [2.75, 3.05) is 4.72 Å². The predicted molar refractivity (Wildman–Crippen MR) is 77.9 cm³/mol. The van der Waals surface area contributed by atoms with Crippen molar-refractivity contribution in [3.63, 3.8) is 0 Å². The normalized spacial score (nSPS) is 11.5. The lowest BCUT2D eigenvalue weighted by molar-refractivity contribution is 0.601. The average Bonchev–Trinajstić information content (AvgIpc) is 2.70. The van der Waals surface area contributed by atoms with Gasteiger partial charge in [-0.05, 0) is 31.5 Å². The fourth-order valence-electron chi connectivity index (χ4n) is 1.53. The summed E-state index contributed by atoms with van der Waals surface area (Å²) in [5.74, 6) is 0.335. The second kappa shape index (κ2) is 5.34. The standard InChI is InChI=1S/C12H14BrN3O2S/c1-8-9(2)14-15-12(8)16-19(17,18)11-5-3-10(7-13)4-6-11/h3-6H,7H2,1-2H3,(H2,14,15,16). The summed E-state index contributed by atoms with van der Waals surface area (Å²) in [5.41, 5.74) is 2.65. The molecule has 0 aliphatic rings. The van der Waals surface area contributed by atoms with E-state index in [2.05, 4.69) is 30.8 Å². The second-order valence-electron chi connectivity index (χ2n) is 4.21. The van der Waals surface area contributed by atoms with Gasteiger partial charge >= 0.3 is 0 Å². The van der Waals surface area contributed by atoms with Gasteiger partial charge in [0.2, 0.25) is 0 Å². The molecule has 1 aromatic carbocycles. The lowest BCUT2D eigenvalue weighted by Crippen LogP contribution is -2.14. The van der Waals surface area contributed by atoms with E-state index in [4.69, 9.17) is 0 Å². The molecule has 0 unspecified atom stereocenters. The lowest BCUT2D eigenvalue weighted by atomic mass is 10.2. The number of benzene rings is 1. The number of alkyl halides is 1. The van der Waals surface area contributed by atoms with E-state index in [1.807, 2.05) is 13.8 Å². The van der Waals surface area contributed by atoms with E-state index >= 15 is 0 Å². The maximum Gasteiger partial charge on any atom is 0.263 e. The van der Waals surface area contributed by atoms with Gasteiger partial charge in [-0.15, -0.1) is 0 Å². The number of H-pyrrole nitrogens is 1. The molecule has 1 heterocycles. The molecule has 2 rings (SSSR count). The van der Waals surface area contributed by atoms with Crippen molar-refractivity contribution in [3.8, 4) is 0 Å². The van der Waals surface area contributed by atoms with Crippen molar-refractivity contribution in [1.82, 2.24) is 10.2 Å². The van der Waals surface area contributed by atoms with Crippen LogP contribution in [0.15, 0.2) is 29.2 Å². The highest BCUT2D eigenvalue weighted by Crippen LogP contribution is 2.19. The monoisotopic (exact) mass is 343 g/mol. The smallest absolute Gasteiger partial charge is 0.263 e. The second-order valence-corrected chi connectivity index (χ2v) is 6.45. The summed E-state index contributed by atoms with van der Waals surface area (Å²) in [6.07, 6.45) is 0. The van der Waals surface area contributed by atoms with Gasteiger partial charge in [-0.1, -0.05) is 28.1 Å². The Morgan fingerprint density at radius 3 is 2.37 bits per heavy atom.